The lowest BCUT2D eigenvalue weighted by Gasteiger charge is -2.37. The molecule has 2 atom stereocenters. The molecule has 0 bridgehead atoms. The zero-order chi connectivity index (χ0) is 21.6. The number of hydrogen-bond donors (Lipinski definition) is 2. The molecule has 1 aliphatic rings. The summed E-state index contributed by atoms with van der Waals surface area (Å²) in [4.78, 5) is 20.9. The summed E-state index contributed by atoms with van der Waals surface area (Å²) in [5, 5.41) is 8.16. The van der Waals surface area contributed by atoms with Crippen LogP contribution in [-0.4, -0.2) is 48.1 Å². The van der Waals surface area contributed by atoms with Crippen LogP contribution in [0.15, 0.2) is 60.1 Å². The highest BCUT2D eigenvalue weighted by atomic mass is 32.1. The number of anilines is 2. The first kappa shape index (κ1) is 21.4. The fraction of sp³-hybridized carbons (Fsp3) is 0.304. The number of morpholine rings is 1. The van der Waals surface area contributed by atoms with Crippen LogP contribution in [0.4, 0.5) is 15.9 Å². The molecule has 3 heterocycles. The number of halogens is 1. The van der Waals surface area contributed by atoms with Gasteiger partial charge in [0.2, 0.25) is 0 Å². The lowest BCUT2D eigenvalue weighted by Crippen LogP contribution is -2.46. The summed E-state index contributed by atoms with van der Waals surface area (Å²) in [6, 6.07) is 13.7. The normalized spacial score (nSPS) is 17.8. The van der Waals surface area contributed by atoms with Crippen molar-refractivity contribution in [1.29, 1.82) is 0 Å². The van der Waals surface area contributed by atoms with Gasteiger partial charge in [0.15, 0.2) is 0 Å². The topological polar surface area (TPSA) is 66.5 Å². The molecule has 1 amide bonds. The van der Waals surface area contributed by atoms with E-state index in [1.54, 1.807) is 41.8 Å². The predicted molar refractivity (Wildman–Crippen MR) is 120 cm³/mol. The van der Waals surface area contributed by atoms with Gasteiger partial charge in [0.1, 0.15) is 11.6 Å². The largest absolute Gasteiger partial charge is 0.376 e. The lowest BCUT2D eigenvalue weighted by atomic mass is 10.1. The number of thiophene rings is 1. The van der Waals surface area contributed by atoms with Crippen LogP contribution in [0, 0.1) is 5.82 Å². The number of hydrogen-bond acceptors (Lipinski definition) is 6. The number of rotatable bonds is 7. The Labute approximate surface area is 185 Å². The molecule has 0 unspecified atom stereocenters. The zero-order valence-corrected chi connectivity index (χ0v) is 18.1. The molecular weight excluding hydrogens is 415 g/mol. The predicted octanol–water partition coefficient (Wildman–Crippen LogP) is 4.22. The summed E-state index contributed by atoms with van der Waals surface area (Å²) in [5.41, 5.74) is 0.943. The lowest BCUT2D eigenvalue weighted by molar-refractivity contribution is -0.0336. The van der Waals surface area contributed by atoms with Gasteiger partial charge >= 0.3 is 0 Å². The second-order valence-electron chi connectivity index (χ2n) is 7.45. The Kier molecular flexibility index (Phi) is 6.91. The van der Waals surface area contributed by atoms with E-state index in [0.29, 0.717) is 30.2 Å². The van der Waals surface area contributed by atoms with E-state index in [4.69, 9.17) is 4.74 Å². The molecule has 31 heavy (non-hydrogen) atoms. The molecule has 1 fully saturated rings. The second kappa shape index (κ2) is 10.00. The van der Waals surface area contributed by atoms with E-state index in [0.717, 1.165) is 13.1 Å². The van der Waals surface area contributed by atoms with E-state index in [2.05, 4.69) is 38.9 Å². The summed E-state index contributed by atoms with van der Waals surface area (Å²) in [6.45, 7) is 4.86. The van der Waals surface area contributed by atoms with Crippen LogP contribution in [-0.2, 0) is 4.74 Å². The van der Waals surface area contributed by atoms with Crippen molar-refractivity contribution in [2.24, 2.45) is 0 Å². The van der Waals surface area contributed by atoms with E-state index in [1.165, 1.54) is 17.0 Å². The van der Waals surface area contributed by atoms with Crippen molar-refractivity contribution in [3.05, 3.63) is 76.4 Å². The zero-order valence-electron chi connectivity index (χ0n) is 17.3. The van der Waals surface area contributed by atoms with Crippen molar-refractivity contribution in [2.75, 3.05) is 31.6 Å². The number of nitrogens with zero attached hydrogens (tertiary/aromatic N) is 2. The Hall–Kier alpha value is -2.81. The Morgan fingerprint density at radius 3 is 3.00 bits per heavy atom. The van der Waals surface area contributed by atoms with Crippen molar-refractivity contribution in [2.45, 2.75) is 19.1 Å². The number of benzene rings is 1. The average molecular weight is 441 g/mol. The fourth-order valence-electron chi connectivity index (χ4n) is 3.69. The standard InChI is InChI=1S/C23H25FN4O2S/c1-16-15-28(10-11-30-16)20(21-8-4-12-31-21)14-26-23(29)19-7-3-9-25-22(19)27-18-6-2-5-17(24)13-18/h2-9,12-13,16,20H,10-11,14-15H2,1H3,(H,25,27)(H,26,29)/t16-,20+/m0/s1. The summed E-state index contributed by atoms with van der Waals surface area (Å²) in [6.07, 6.45) is 1.76. The molecule has 6 nitrogen and oxygen atoms in total. The highest BCUT2D eigenvalue weighted by Crippen LogP contribution is 2.27. The number of pyridine rings is 1. The van der Waals surface area contributed by atoms with Gasteiger partial charge in [0, 0.05) is 36.4 Å². The molecule has 3 aromatic rings. The minimum Gasteiger partial charge on any atom is -0.376 e. The molecule has 162 valence electrons. The molecule has 0 aliphatic carbocycles. The van der Waals surface area contributed by atoms with Crippen molar-refractivity contribution in [1.82, 2.24) is 15.2 Å². The summed E-state index contributed by atoms with van der Waals surface area (Å²) in [5.74, 6) is -0.196. The van der Waals surface area contributed by atoms with Gasteiger partial charge in [0.25, 0.3) is 5.91 Å². The number of nitrogens with one attached hydrogen (secondary N) is 2. The quantitative estimate of drug-likeness (QED) is 0.576. The Morgan fingerprint density at radius 2 is 2.23 bits per heavy atom. The van der Waals surface area contributed by atoms with Gasteiger partial charge in [-0.05, 0) is 48.7 Å². The van der Waals surface area contributed by atoms with Crippen LogP contribution in [0.2, 0.25) is 0 Å². The molecular formula is C23H25FN4O2S. The molecule has 0 saturated carbocycles. The maximum atomic E-state index is 13.5. The third-order valence-corrected chi connectivity index (χ3v) is 6.15. The third kappa shape index (κ3) is 5.46. The van der Waals surface area contributed by atoms with Crippen LogP contribution in [0.25, 0.3) is 0 Å². The first-order valence-electron chi connectivity index (χ1n) is 10.2. The number of amides is 1. The van der Waals surface area contributed by atoms with E-state index >= 15 is 0 Å². The maximum absolute atomic E-state index is 13.5. The minimum atomic E-state index is -0.356. The Balaban J connectivity index is 1.48. The maximum Gasteiger partial charge on any atom is 0.255 e. The van der Waals surface area contributed by atoms with Crippen molar-refractivity contribution >= 4 is 28.7 Å². The highest BCUT2D eigenvalue weighted by Gasteiger charge is 2.27. The monoisotopic (exact) mass is 440 g/mol. The molecule has 1 aliphatic heterocycles. The third-order valence-electron chi connectivity index (χ3n) is 5.18. The van der Waals surface area contributed by atoms with Crippen molar-refractivity contribution in [3.63, 3.8) is 0 Å². The van der Waals surface area contributed by atoms with Crippen LogP contribution in [0.1, 0.15) is 28.2 Å². The summed E-state index contributed by atoms with van der Waals surface area (Å²) < 4.78 is 19.2. The van der Waals surface area contributed by atoms with E-state index in [-0.39, 0.29) is 23.9 Å². The first-order valence-corrected chi connectivity index (χ1v) is 11.1. The van der Waals surface area contributed by atoms with Gasteiger partial charge in [-0.3, -0.25) is 9.69 Å². The van der Waals surface area contributed by atoms with Crippen LogP contribution in [0.3, 0.4) is 0 Å². The van der Waals surface area contributed by atoms with Gasteiger partial charge in [0.05, 0.1) is 24.3 Å². The molecule has 0 radical (unpaired) electrons. The average Bonchev–Trinajstić information content (AvgIpc) is 3.29. The van der Waals surface area contributed by atoms with Crippen molar-refractivity contribution in [3.8, 4) is 0 Å². The van der Waals surface area contributed by atoms with Crippen LogP contribution >= 0.6 is 11.3 Å². The van der Waals surface area contributed by atoms with E-state index in [1.807, 2.05) is 6.07 Å². The van der Waals surface area contributed by atoms with Crippen LogP contribution < -0.4 is 10.6 Å². The molecule has 2 N–H and O–H groups in total. The van der Waals surface area contributed by atoms with Gasteiger partial charge in [-0.2, -0.15) is 0 Å². The Bertz CT molecular complexity index is 1010. The van der Waals surface area contributed by atoms with Gasteiger partial charge in [-0.25, -0.2) is 9.37 Å². The van der Waals surface area contributed by atoms with Gasteiger partial charge in [-0.15, -0.1) is 11.3 Å². The SMILES string of the molecule is C[C@H]1CN([C@H](CNC(=O)c2cccnc2Nc2cccc(F)c2)c2cccs2)CCO1. The molecule has 1 aromatic carbocycles. The van der Waals surface area contributed by atoms with Gasteiger partial charge in [-0.1, -0.05) is 12.1 Å². The summed E-state index contributed by atoms with van der Waals surface area (Å²) in [7, 11) is 0. The number of ether oxygens (including phenoxy) is 1. The smallest absolute Gasteiger partial charge is 0.255 e. The molecule has 2 aromatic heterocycles. The molecule has 4 rings (SSSR count). The van der Waals surface area contributed by atoms with Crippen LogP contribution in [0.5, 0.6) is 0 Å². The number of aromatic nitrogens is 1. The molecule has 8 heteroatoms. The number of carbonyl (C=O) groups is 1. The molecule has 0 spiro atoms. The van der Waals surface area contributed by atoms with E-state index < -0.39 is 0 Å². The number of carbonyl (C=O) groups excluding carboxylic acids is 1. The highest BCUT2D eigenvalue weighted by molar-refractivity contribution is 7.10. The fourth-order valence-corrected chi connectivity index (χ4v) is 4.56. The first-order chi connectivity index (χ1) is 15.1. The Morgan fingerprint density at radius 1 is 1.32 bits per heavy atom. The van der Waals surface area contributed by atoms with E-state index in [9.17, 15) is 9.18 Å². The van der Waals surface area contributed by atoms with Gasteiger partial charge < -0.3 is 15.4 Å². The summed E-state index contributed by atoms with van der Waals surface area (Å²) >= 11 is 1.69. The van der Waals surface area contributed by atoms with Crippen molar-refractivity contribution < 1.29 is 13.9 Å². The minimum absolute atomic E-state index is 0.0756. The molecule has 1 saturated heterocycles. The second-order valence-corrected chi connectivity index (χ2v) is 8.43.